The number of halogens is 1. The summed E-state index contributed by atoms with van der Waals surface area (Å²) in [5.74, 6) is 0. The van der Waals surface area contributed by atoms with E-state index in [0.717, 1.165) is 5.52 Å². The van der Waals surface area contributed by atoms with Gasteiger partial charge in [0, 0.05) is 17.4 Å². The normalized spacial score (nSPS) is 11.7. The molecule has 0 unspecified atom stereocenters. The molecule has 1 N–H and O–H groups in total. The molecule has 0 amide bonds. The highest BCUT2D eigenvalue weighted by molar-refractivity contribution is 7.92. The van der Waals surface area contributed by atoms with Gasteiger partial charge in [-0.2, -0.15) is 5.10 Å². The Morgan fingerprint density at radius 1 is 1.15 bits per heavy atom. The Morgan fingerprint density at radius 2 is 2.00 bits per heavy atom. The summed E-state index contributed by atoms with van der Waals surface area (Å²) in [6.45, 7) is 0. The van der Waals surface area contributed by atoms with Crippen molar-refractivity contribution in [2.75, 3.05) is 4.72 Å². The summed E-state index contributed by atoms with van der Waals surface area (Å²) >= 11 is 5.81. The van der Waals surface area contributed by atoms with E-state index in [2.05, 4.69) is 9.82 Å². The maximum atomic E-state index is 12.2. The van der Waals surface area contributed by atoms with Crippen molar-refractivity contribution in [2.45, 2.75) is 4.90 Å². The molecule has 0 saturated heterocycles. The van der Waals surface area contributed by atoms with Crippen molar-refractivity contribution in [3.63, 3.8) is 0 Å². The van der Waals surface area contributed by atoms with E-state index in [0.29, 0.717) is 10.7 Å². The van der Waals surface area contributed by atoms with Crippen LogP contribution >= 0.6 is 11.6 Å². The van der Waals surface area contributed by atoms with Crippen LogP contribution in [0.25, 0.3) is 5.52 Å². The third-order valence-electron chi connectivity index (χ3n) is 2.76. The minimum atomic E-state index is -3.65. The van der Waals surface area contributed by atoms with Gasteiger partial charge in [-0.05, 0) is 36.4 Å². The average Bonchev–Trinajstić information content (AvgIpc) is 2.85. The van der Waals surface area contributed by atoms with Crippen molar-refractivity contribution >= 4 is 32.8 Å². The van der Waals surface area contributed by atoms with E-state index >= 15 is 0 Å². The topological polar surface area (TPSA) is 63.5 Å². The minimum Gasteiger partial charge on any atom is -0.279 e. The maximum absolute atomic E-state index is 12.2. The number of hydrogen-bond acceptors (Lipinski definition) is 3. The zero-order valence-electron chi connectivity index (χ0n) is 10.2. The van der Waals surface area contributed by atoms with Gasteiger partial charge in [0.15, 0.2) is 0 Å². The van der Waals surface area contributed by atoms with Crippen LogP contribution in [0.15, 0.2) is 59.8 Å². The summed E-state index contributed by atoms with van der Waals surface area (Å²) < 4.78 is 28.6. The molecule has 0 radical (unpaired) electrons. The fourth-order valence-corrected chi connectivity index (χ4v) is 3.18. The van der Waals surface area contributed by atoms with E-state index < -0.39 is 10.0 Å². The fourth-order valence-electron chi connectivity index (χ4n) is 1.83. The quantitative estimate of drug-likeness (QED) is 0.809. The molecular formula is C13H10ClN3O2S. The van der Waals surface area contributed by atoms with Crippen molar-refractivity contribution < 1.29 is 8.42 Å². The Kier molecular flexibility index (Phi) is 3.11. The average molecular weight is 308 g/mol. The molecule has 0 saturated carbocycles. The third kappa shape index (κ3) is 2.48. The molecule has 20 heavy (non-hydrogen) atoms. The second-order valence-corrected chi connectivity index (χ2v) is 6.30. The smallest absolute Gasteiger partial charge is 0.261 e. The van der Waals surface area contributed by atoms with Crippen molar-refractivity contribution in [1.82, 2.24) is 9.61 Å². The van der Waals surface area contributed by atoms with Crippen molar-refractivity contribution in [3.8, 4) is 0 Å². The first kappa shape index (κ1) is 13.0. The van der Waals surface area contributed by atoms with Crippen LogP contribution in [0.5, 0.6) is 0 Å². The van der Waals surface area contributed by atoms with E-state index in [4.69, 9.17) is 11.6 Å². The predicted octanol–water partition coefficient (Wildman–Crippen LogP) is 2.79. The molecule has 5 nitrogen and oxygen atoms in total. The van der Waals surface area contributed by atoms with E-state index in [1.54, 1.807) is 47.2 Å². The van der Waals surface area contributed by atoms with Gasteiger partial charge in [0.2, 0.25) is 0 Å². The Balaban J connectivity index is 1.96. The van der Waals surface area contributed by atoms with E-state index in [9.17, 15) is 8.42 Å². The highest BCUT2D eigenvalue weighted by atomic mass is 35.5. The molecule has 7 heteroatoms. The Bertz CT molecular complexity index is 874. The first-order valence-corrected chi connectivity index (χ1v) is 7.62. The van der Waals surface area contributed by atoms with Gasteiger partial charge in [0.25, 0.3) is 10.0 Å². The Morgan fingerprint density at radius 3 is 2.80 bits per heavy atom. The summed E-state index contributed by atoms with van der Waals surface area (Å²) in [6, 6.07) is 11.2. The molecule has 102 valence electrons. The van der Waals surface area contributed by atoms with Crippen LogP contribution in [0.3, 0.4) is 0 Å². The Hall–Kier alpha value is -2.05. The van der Waals surface area contributed by atoms with Gasteiger partial charge in [-0.15, -0.1) is 0 Å². The van der Waals surface area contributed by atoms with E-state index in [1.165, 1.54) is 12.1 Å². The minimum absolute atomic E-state index is 0.124. The lowest BCUT2D eigenvalue weighted by Gasteiger charge is -2.08. The number of pyridine rings is 1. The first-order valence-electron chi connectivity index (χ1n) is 5.76. The van der Waals surface area contributed by atoms with E-state index in [-0.39, 0.29) is 4.90 Å². The largest absolute Gasteiger partial charge is 0.279 e. The third-order valence-corrected chi connectivity index (χ3v) is 4.37. The van der Waals surface area contributed by atoms with Gasteiger partial charge >= 0.3 is 0 Å². The number of nitrogens with one attached hydrogen (secondary N) is 1. The number of anilines is 1. The molecule has 3 aromatic rings. The molecule has 0 aliphatic rings. The number of hydrogen-bond donors (Lipinski definition) is 1. The zero-order valence-corrected chi connectivity index (χ0v) is 11.8. The zero-order chi connectivity index (χ0) is 14.2. The highest BCUT2D eigenvalue weighted by Crippen LogP contribution is 2.20. The van der Waals surface area contributed by atoms with Crippen molar-refractivity contribution in [2.24, 2.45) is 0 Å². The van der Waals surface area contributed by atoms with Crippen LogP contribution in [0.1, 0.15) is 0 Å². The van der Waals surface area contributed by atoms with Gasteiger partial charge in [-0.1, -0.05) is 17.7 Å². The number of fused-ring (bicyclic) bond motifs is 1. The van der Waals surface area contributed by atoms with Gasteiger partial charge in [-0.25, -0.2) is 12.9 Å². The van der Waals surface area contributed by atoms with Crippen LogP contribution in [0.2, 0.25) is 5.02 Å². The summed E-state index contributed by atoms with van der Waals surface area (Å²) in [4.78, 5) is 0.124. The second kappa shape index (κ2) is 4.81. The van der Waals surface area contributed by atoms with Crippen LogP contribution in [-0.4, -0.2) is 18.0 Å². The molecule has 2 aromatic heterocycles. The summed E-state index contributed by atoms with van der Waals surface area (Å²) in [6.07, 6.45) is 3.33. The molecule has 1 aromatic carbocycles. The van der Waals surface area contributed by atoms with Gasteiger partial charge in [0.05, 0.1) is 16.1 Å². The number of sulfonamides is 1. The fraction of sp³-hybridized carbons (Fsp3) is 0. The summed E-state index contributed by atoms with van der Waals surface area (Å²) in [7, 11) is -3.65. The number of benzene rings is 1. The lowest BCUT2D eigenvalue weighted by molar-refractivity contribution is 0.601. The maximum Gasteiger partial charge on any atom is 0.261 e. The Labute approximate surface area is 120 Å². The lowest BCUT2D eigenvalue weighted by atomic mass is 10.4. The molecule has 0 spiro atoms. The number of nitrogens with zero attached hydrogens (tertiary/aromatic N) is 2. The molecule has 0 aliphatic heterocycles. The first-order chi connectivity index (χ1) is 9.54. The van der Waals surface area contributed by atoms with E-state index in [1.807, 2.05) is 0 Å². The van der Waals surface area contributed by atoms with Crippen LogP contribution in [-0.2, 0) is 10.0 Å². The number of rotatable bonds is 3. The molecule has 0 atom stereocenters. The molecule has 0 fully saturated rings. The van der Waals surface area contributed by atoms with Crippen LogP contribution in [0.4, 0.5) is 5.69 Å². The SMILES string of the molecule is O=S(=O)(Nc1ccn2nccc2c1)c1cccc(Cl)c1. The molecule has 0 bridgehead atoms. The van der Waals surface area contributed by atoms with Crippen molar-refractivity contribution in [3.05, 3.63) is 59.9 Å². The molecule has 3 rings (SSSR count). The van der Waals surface area contributed by atoms with Gasteiger partial charge in [0.1, 0.15) is 0 Å². The van der Waals surface area contributed by atoms with Crippen LogP contribution < -0.4 is 4.72 Å². The molecule has 0 aliphatic carbocycles. The molecule has 2 heterocycles. The van der Waals surface area contributed by atoms with Crippen molar-refractivity contribution in [1.29, 1.82) is 0 Å². The van der Waals surface area contributed by atoms with Crippen LogP contribution in [0, 0.1) is 0 Å². The lowest BCUT2D eigenvalue weighted by Crippen LogP contribution is -2.13. The van der Waals surface area contributed by atoms with Gasteiger partial charge < -0.3 is 0 Å². The second-order valence-electron chi connectivity index (χ2n) is 4.18. The summed E-state index contributed by atoms with van der Waals surface area (Å²) in [5, 5.41) is 4.42. The highest BCUT2D eigenvalue weighted by Gasteiger charge is 2.14. The standard InChI is InChI=1S/C13H10ClN3O2S/c14-10-2-1-3-13(8-10)20(18,19)16-11-5-7-17-12(9-11)4-6-15-17/h1-9,16H. The predicted molar refractivity (Wildman–Crippen MR) is 77.5 cm³/mol. The number of aromatic nitrogens is 2. The molecular weight excluding hydrogens is 298 g/mol. The monoisotopic (exact) mass is 307 g/mol. The summed E-state index contributed by atoms with van der Waals surface area (Å²) in [5.41, 5.74) is 1.27. The van der Waals surface area contributed by atoms with Gasteiger partial charge in [-0.3, -0.25) is 4.72 Å².